The normalized spacial score (nSPS) is 14.4. The molecule has 3 nitrogen and oxygen atoms in total. The zero-order chi connectivity index (χ0) is 14.3. The molecule has 0 aliphatic carbocycles. The second-order valence-corrected chi connectivity index (χ2v) is 5.59. The van der Waals surface area contributed by atoms with Crippen molar-refractivity contribution in [2.24, 2.45) is 5.73 Å². The van der Waals surface area contributed by atoms with Gasteiger partial charge >= 0.3 is 0 Å². The molecular weight excluding hydrogens is 272 g/mol. The molecule has 0 radical (unpaired) electrons. The van der Waals surface area contributed by atoms with E-state index in [4.69, 9.17) is 21.8 Å². The first-order valence-electron chi connectivity index (χ1n) is 6.40. The summed E-state index contributed by atoms with van der Waals surface area (Å²) >= 11 is 6.05. The summed E-state index contributed by atoms with van der Waals surface area (Å²) in [4.78, 5) is 4.51. The molecule has 0 amide bonds. The highest BCUT2D eigenvalue weighted by atomic mass is 35.5. The van der Waals surface area contributed by atoms with Crippen LogP contribution in [0.15, 0.2) is 46.9 Å². The van der Waals surface area contributed by atoms with Crippen LogP contribution in [0.5, 0.6) is 0 Å². The van der Waals surface area contributed by atoms with Gasteiger partial charge < -0.3 is 10.2 Å². The average molecular weight is 287 g/mol. The maximum absolute atomic E-state index is 6.42. The zero-order valence-electron chi connectivity index (χ0n) is 11.4. The lowest BCUT2D eigenvalue weighted by Crippen LogP contribution is -2.34. The predicted molar refractivity (Wildman–Crippen MR) is 80.8 cm³/mol. The molecule has 4 heteroatoms. The van der Waals surface area contributed by atoms with Crippen LogP contribution in [0.2, 0.25) is 5.02 Å². The van der Waals surface area contributed by atoms with Gasteiger partial charge in [0.15, 0.2) is 5.58 Å². The molecule has 1 aromatic heterocycles. The number of nitrogens with two attached hydrogens (primary N) is 1. The summed E-state index contributed by atoms with van der Waals surface area (Å²) in [5.74, 6) is 0.490. The summed E-state index contributed by atoms with van der Waals surface area (Å²) in [5.41, 5.74) is 9.02. The fourth-order valence-electron chi connectivity index (χ4n) is 2.29. The molecule has 0 saturated carbocycles. The third-order valence-electron chi connectivity index (χ3n) is 3.46. The van der Waals surface area contributed by atoms with Gasteiger partial charge in [0.2, 0.25) is 5.89 Å². The van der Waals surface area contributed by atoms with E-state index < -0.39 is 5.54 Å². The van der Waals surface area contributed by atoms with Gasteiger partial charge in [-0.1, -0.05) is 41.9 Å². The van der Waals surface area contributed by atoms with Gasteiger partial charge in [-0.3, -0.25) is 0 Å². The lowest BCUT2D eigenvalue weighted by molar-refractivity contribution is 0.418. The second-order valence-electron chi connectivity index (χ2n) is 5.16. The predicted octanol–water partition coefficient (Wildman–Crippen LogP) is 4.01. The number of aromatic nitrogens is 1. The fourth-order valence-corrected chi connectivity index (χ4v) is 2.55. The quantitative estimate of drug-likeness (QED) is 0.774. The Kier molecular flexibility index (Phi) is 3.04. The van der Waals surface area contributed by atoms with Crippen LogP contribution in [-0.2, 0) is 5.54 Å². The Bertz CT molecular complexity index is 763. The molecule has 2 N–H and O–H groups in total. The van der Waals surface area contributed by atoms with Gasteiger partial charge in [0.05, 0.1) is 0 Å². The van der Waals surface area contributed by atoms with E-state index in [-0.39, 0.29) is 0 Å². The maximum atomic E-state index is 6.42. The maximum Gasteiger partial charge on any atom is 0.219 e. The van der Waals surface area contributed by atoms with Gasteiger partial charge in [0.1, 0.15) is 11.1 Å². The van der Waals surface area contributed by atoms with Gasteiger partial charge in [-0.15, -0.1) is 0 Å². The lowest BCUT2D eigenvalue weighted by Gasteiger charge is -2.20. The molecule has 3 rings (SSSR count). The van der Waals surface area contributed by atoms with Crippen molar-refractivity contribution in [1.82, 2.24) is 4.98 Å². The molecular formula is C16H15ClN2O. The molecule has 3 aromatic rings. The Labute approximate surface area is 122 Å². The minimum atomic E-state index is -0.779. The van der Waals surface area contributed by atoms with E-state index in [0.29, 0.717) is 10.9 Å². The molecule has 1 heterocycles. The molecule has 0 fully saturated rings. The minimum Gasteiger partial charge on any atom is -0.438 e. The van der Waals surface area contributed by atoms with E-state index >= 15 is 0 Å². The number of aryl methyl sites for hydroxylation is 1. The van der Waals surface area contributed by atoms with Crippen LogP contribution in [0.25, 0.3) is 11.1 Å². The summed E-state index contributed by atoms with van der Waals surface area (Å²) in [6.07, 6.45) is 0. The number of fused-ring (bicyclic) bond motifs is 1. The van der Waals surface area contributed by atoms with Crippen LogP contribution >= 0.6 is 11.6 Å². The minimum absolute atomic E-state index is 0.490. The van der Waals surface area contributed by atoms with E-state index in [1.807, 2.05) is 50.2 Å². The number of halogens is 1. The first-order valence-corrected chi connectivity index (χ1v) is 6.78. The number of hydrogen-bond acceptors (Lipinski definition) is 3. The Morgan fingerprint density at radius 1 is 1.20 bits per heavy atom. The molecule has 0 spiro atoms. The van der Waals surface area contributed by atoms with Crippen molar-refractivity contribution in [2.75, 3.05) is 0 Å². The molecule has 0 bridgehead atoms. The first-order chi connectivity index (χ1) is 9.48. The number of oxazole rings is 1. The van der Waals surface area contributed by atoms with Crippen LogP contribution in [0.3, 0.4) is 0 Å². The van der Waals surface area contributed by atoms with Crippen LogP contribution in [0.4, 0.5) is 0 Å². The molecule has 2 aromatic carbocycles. The number of benzene rings is 2. The van der Waals surface area contributed by atoms with E-state index in [0.717, 1.165) is 22.2 Å². The first kappa shape index (κ1) is 13.2. The van der Waals surface area contributed by atoms with Crippen molar-refractivity contribution in [3.05, 3.63) is 64.5 Å². The van der Waals surface area contributed by atoms with Gasteiger partial charge in [-0.05, 0) is 37.1 Å². The van der Waals surface area contributed by atoms with Crippen LogP contribution in [0, 0.1) is 6.92 Å². The van der Waals surface area contributed by atoms with Gasteiger partial charge in [-0.2, -0.15) is 0 Å². The molecule has 0 aliphatic heterocycles. The van der Waals surface area contributed by atoms with Crippen molar-refractivity contribution in [1.29, 1.82) is 0 Å². The van der Waals surface area contributed by atoms with Crippen LogP contribution in [-0.4, -0.2) is 4.98 Å². The smallest absolute Gasteiger partial charge is 0.219 e. The third-order valence-corrected chi connectivity index (χ3v) is 3.68. The average Bonchev–Trinajstić information content (AvgIpc) is 2.84. The van der Waals surface area contributed by atoms with E-state index in [9.17, 15) is 0 Å². The van der Waals surface area contributed by atoms with E-state index in [2.05, 4.69) is 4.98 Å². The summed E-state index contributed by atoms with van der Waals surface area (Å²) in [6.45, 7) is 3.84. The molecule has 1 atom stereocenters. The largest absolute Gasteiger partial charge is 0.438 e. The highest BCUT2D eigenvalue weighted by molar-refractivity contribution is 6.31. The third kappa shape index (κ3) is 2.09. The monoisotopic (exact) mass is 286 g/mol. The Morgan fingerprint density at radius 3 is 2.60 bits per heavy atom. The SMILES string of the molecule is Cc1cc(Cl)cc2nc(C(C)(N)c3ccccc3)oc12. The molecule has 0 aliphatic rings. The van der Waals surface area contributed by atoms with Crippen molar-refractivity contribution < 1.29 is 4.42 Å². The number of hydrogen-bond donors (Lipinski definition) is 1. The van der Waals surface area contributed by atoms with Crippen LogP contribution < -0.4 is 5.73 Å². The second kappa shape index (κ2) is 4.62. The van der Waals surface area contributed by atoms with Crippen molar-refractivity contribution >= 4 is 22.7 Å². The summed E-state index contributed by atoms with van der Waals surface area (Å²) in [5, 5.41) is 0.647. The van der Waals surface area contributed by atoms with Crippen LogP contribution in [0.1, 0.15) is 23.9 Å². The Morgan fingerprint density at radius 2 is 1.90 bits per heavy atom. The Balaban J connectivity index is 2.17. The Hall–Kier alpha value is -1.84. The topological polar surface area (TPSA) is 52.0 Å². The highest BCUT2D eigenvalue weighted by Gasteiger charge is 2.29. The van der Waals surface area contributed by atoms with E-state index in [1.165, 1.54) is 0 Å². The zero-order valence-corrected chi connectivity index (χ0v) is 12.1. The van der Waals surface area contributed by atoms with Crippen molar-refractivity contribution in [2.45, 2.75) is 19.4 Å². The fraction of sp³-hybridized carbons (Fsp3) is 0.188. The van der Waals surface area contributed by atoms with Crippen molar-refractivity contribution in [3.8, 4) is 0 Å². The van der Waals surface area contributed by atoms with Gasteiger partial charge in [0.25, 0.3) is 0 Å². The van der Waals surface area contributed by atoms with Gasteiger partial charge in [-0.25, -0.2) is 4.98 Å². The standard InChI is InChI=1S/C16H15ClN2O/c1-10-8-12(17)9-13-14(10)20-15(19-13)16(2,18)11-6-4-3-5-7-11/h3-9H,18H2,1-2H3. The molecule has 0 saturated heterocycles. The summed E-state index contributed by atoms with van der Waals surface area (Å²) < 4.78 is 5.88. The summed E-state index contributed by atoms with van der Waals surface area (Å²) in [7, 11) is 0. The lowest BCUT2D eigenvalue weighted by atomic mass is 9.93. The number of rotatable bonds is 2. The highest BCUT2D eigenvalue weighted by Crippen LogP contribution is 2.31. The molecule has 102 valence electrons. The van der Waals surface area contributed by atoms with Crippen molar-refractivity contribution in [3.63, 3.8) is 0 Å². The molecule has 1 unspecified atom stereocenters. The molecule has 20 heavy (non-hydrogen) atoms. The van der Waals surface area contributed by atoms with Gasteiger partial charge in [0, 0.05) is 5.02 Å². The number of nitrogens with zero attached hydrogens (tertiary/aromatic N) is 1. The van der Waals surface area contributed by atoms with E-state index in [1.54, 1.807) is 6.07 Å². The summed E-state index contributed by atoms with van der Waals surface area (Å²) in [6, 6.07) is 13.4.